The van der Waals surface area contributed by atoms with Gasteiger partial charge < -0.3 is 15.9 Å². The molecule has 0 unspecified atom stereocenters. The molecule has 4 N–H and O–H groups in total. The Bertz CT molecular complexity index is 93.0. The van der Waals surface area contributed by atoms with Gasteiger partial charge in [0.15, 0.2) is 0 Å². The molecular weight excluding hydrogens is 134 g/mol. The number of aliphatic hydroxyl groups is 1. The average Bonchev–Trinajstić information content (AvgIpc) is 1.89. The Hall–Kier alpha value is -0.870. The molecule has 4 heteroatoms. The number of rotatable bonds is 3. The Morgan fingerprint density at radius 1 is 1.70 bits per heavy atom. The molecule has 10 heavy (non-hydrogen) atoms. The molecular formula is C6H13NO3. The summed E-state index contributed by atoms with van der Waals surface area (Å²) in [4.78, 5) is 9.44. The van der Waals surface area contributed by atoms with Gasteiger partial charge in [-0.15, -0.1) is 6.58 Å². The molecule has 0 saturated carbocycles. The van der Waals surface area contributed by atoms with Crippen molar-refractivity contribution in [3.63, 3.8) is 0 Å². The van der Waals surface area contributed by atoms with Gasteiger partial charge in [0.2, 0.25) is 0 Å². The Morgan fingerprint density at radius 3 is 2.10 bits per heavy atom. The Morgan fingerprint density at radius 2 is 2.10 bits per heavy atom. The fourth-order valence-corrected chi connectivity index (χ4v) is 0.0956. The lowest BCUT2D eigenvalue weighted by atomic mass is 10.5. The first kappa shape index (κ1) is 11.9. The molecule has 4 nitrogen and oxygen atoms in total. The van der Waals surface area contributed by atoms with Crippen molar-refractivity contribution in [1.82, 2.24) is 0 Å². The lowest BCUT2D eigenvalue weighted by molar-refractivity contribution is -0.137. The molecule has 0 aliphatic carbocycles. The normalized spacial score (nSPS) is 7.40. The highest BCUT2D eigenvalue weighted by atomic mass is 16.4. The second kappa shape index (κ2) is 11.0. The maximum absolute atomic E-state index is 9.44. The number of hydrogen-bond acceptors (Lipinski definition) is 3. The highest BCUT2D eigenvalue weighted by molar-refractivity contribution is 5.66. The van der Waals surface area contributed by atoms with Gasteiger partial charge in [-0.2, -0.15) is 0 Å². The van der Waals surface area contributed by atoms with E-state index in [2.05, 4.69) is 6.58 Å². The Labute approximate surface area is 60.0 Å². The van der Waals surface area contributed by atoms with Gasteiger partial charge in [-0.05, 0) is 0 Å². The summed E-state index contributed by atoms with van der Waals surface area (Å²) in [6, 6.07) is 0. The lowest BCUT2D eigenvalue weighted by Gasteiger charge is -1.79. The van der Waals surface area contributed by atoms with Crippen molar-refractivity contribution >= 4 is 5.97 Å². The maximum atomic E-state index is 9.44. The minimum Gasteiger partial charge on any atom is -0.481 e. The van der Waals surface area contributed by atoms with Crippen molar-refractivity contribution < 1.29 is 15.0 Å². The van der Waals surface area contributed by atoms with Crippen LogP contribution in [0.1, 0.15) is 6.42 Å². The largest absolute Gasteiger partial charge is 0.481 e. The van der Waals surface area contributed by atoms with E-state index in [0.717, 1.165) is 0 Å². The molecule has 0 radical (unpaired) electrons. The maximum Gasteiger partial charge on any atom is 0.305 e. The number of nitrogens with two attached hydrogens (primary N) is 1. The molecule has 0 saturated heterocycles. The molecule has 0 bridgehead atoms. The van der Waals surface area contributed by atoms with E-state index in [1.54, 1.807) is 6.08 Å². The third-order valence-electron chi connectivity index (χ3n) is 0.492. The van der Waals surface area contributed by atoms with Crippen LogP contribution < -0.4 is 5.73 Å². The molecule has 0 heterocycles. The van der Waals surface area contributed by atoms with Crippen LogP contribution in [0.4, 0.5) is 0 Å². The summed E-state index contributed by atoms with van der Waals surface area (Å²) in [6.45, 7) is 3.67. The molecule has 60 valence electrons. The van der Waals surface area contributed by atoms with E-state index >= 15 is 0 Å². The summed E-state index contributed by atoms with van der Waals surface area (Å²) in [5.41, 5.74) is 4.91. The highest BCUT2D eigenvalue weighted by Gasteiger charge is 1.88. The Balaban J connectivity index is 0. The second-order valence-corrected chi connectivity index (χ2v) is 1.39. The third-order valence-corrected chi connectivity index (χ3v) is 0.492. The lowest BCUT2D eigenvalue weighted by Crippen LogP contribution is -1.96. The smallest absolute Gasteiger partial charge is 0.305 e. The van der Waals surface area contributed by atoms with Crippen LogP contribution in [0.25, 0.3) is 0 Å². The van der Waals surface area contributed by atoms with Gasteiger partial charge in [0.05, 0.1) is 13.0 Å². The predicted octanol–water partition coefficient (Wildman–Crippen LogP) is -0.415. The molecule has 0 fully saturated rings. The predicted molar refractivity (Wildman–Crippen MR) is 38.6 cm³/mol. The van der Waals surface area contributed by atoms with Crippen molar-refractivity contribution in [2.75, 3.05) is 13.2 Å². The van der Waals surface area contributed by atoms with Gasteiger partial charge in [-0.1, -0.05) is 6.08 Å². The van der Waals surface area contributed by atoms with E-state index in [-0.39, 0.29) is 13.0 Å². The van der Waals surface area contributed by atoms with E-state index in [1.807, 2.05) is 0 Å². The fourth-order valence-electron chi connectivity index (χ4n) is 0.0956. The van der Waals surface area contributed by atoms with Crippen LogP contribution in [0, 0.1) is 0 Å². The molecule has 0 aromatic rings. The molecule has 0 atom stereocenters. The average molecular weight is 147 g/mol. The summed E-state index contributed by atoms with van der Waals surface area (Å²) in [6.07, 6.45) is 1.50. The van der Waals surface area contributed by atoms with Crippen LogP contribution in [-0.2, 0) is 4.79 Å². The first-order valence-corrected chi connectivity index (χ1v) is 2.82. The number of carboxylic acid groups (broad SMARTS) is 1. The van der Waals surface area contributed by atoms with Gasteiger partial charge in [0, 0.05) is 6.54 Å². The zero-order chi connectivity index (χ0) is 8.41. The van der Waals surface area contributed by atoms with Crippen LogP contribution in [-0.4, -0.2) is 29.3 Å². The molecule has 0 rings (SSSR count). The van der Waals surface area contributed by atoms with E-state index in [4.69, 9.17) is 15.9 Å². The standard InChI is InChI=1S/C3H7N.C3H6O3/c1-2-3-4;4-2-1-3(5)6/h2H,1,3-4H2;4H,1-2H2,(H,5,6). The summed E-state index contributed by atoms with van der Waals surface area (Å²) >= 11 is 0. The van der Waals surface area contributed by atoms with E-state index < -0.39 is 5.97 Å². The second-order valence-electron chi connectivity index (χ2n) is 1.39. The molecule has 0 aromatic heterocycles. The molecule has 0 aliphatic heterocycles. The van der Waals surface area contributed by atoms with Crippen LogP contribution in [0.15, 0.2) is 12.7 Å². The monoisotopic (exact) mass is 147 g/mol. The first-order valence-electron chi connectivity index (χ1n) is 2.82. The van der Waals surface area contributed by atoms with Gasteiger partial charge >= 0.3 is 5.97 Å². The van der Waals surface area contributed by atoms with E-state index in [1.165, 1.54) is 0 Å². The first-order chi connectivity index (χ1) is 4.68. The van der Waals surface area contributed by atoms with E-state index in [9.17, 15) is 4.79 Å². The summed E-state index contributed by atoms with van der Waals surface area (Å²) in [5, 5.41) is 15.6. The van der Waals surface area contributed by atoms with Crippen molar-refractivity contribution in [3.8, 4) is 0 Å². The fraction of sp³-hybridized carbons (Fsp3) is 0.500. The van der Waals surface area contributed by atoms with E-state index in [0.29, 0.717) is 6.54 Å². The topological polar surface area (TPSA) is 83.6 Å². The van der Waals surface area contributed by atoms with Crippen molar-refractivity contribution in [3.05, 3.63) is 12.7 Å². The zero-order valence-electron chi connectivity index (χ0n) is 5.79. The third kappa shape index (κ3) is 27.3. The number of aliphatic hydroxyl groups excluding tert-OH is 1. The number of carboxylic acids is 1. The SMILES string of the molecule is C=CCN.O=C(O)CCO. The molecule has 0 spiro atoms. The minimum absolute atomic E-state index is 0.153. The van der Waals surface area contributed by atoms with Crippen LogP contribution in [0.5, 0.6) is 0 Å². The molecule has 0 amide bonds. The van der Waals surface area contributed by atoms with Crippen LogP contribution in [0.3, 0.4) is 0 Å². The number of aliphatic carboxylic acids is 1. The summed E-state index contributed by atoms with van der Waals surface area (Å²) in [5.74, 6) is -0.961. The van der Waals surface area contributed by atoms with Crippen LogP contribution in [0.2, 0.25) is 0 Å². The Kier molecular flexibility index (Phi) is 13.1. The zero-order valence-corrected chi connectivity index (χ0v) is 5.79. The van der Waals surface area contributed by atoms with Crippen molar-refractivity contribution in [1.29, 1.82) is 0 Å². The quantitative estimate of drug-likeness (QED) is 0.473. The summed E-state index contributed by atoms with van der Waals surface area (Å²) < 4.78 is 0. The van der Waals surface area contributed by atoms with Gasteiger partial charge in [-0.25, -0.2) is 0 Å². The minimum atomic E-state index is -0.961. The molecule has 0 aromatic carbocycles. The van der Waals surface area contributed by atoms with Gasteiger partial charge in [0.25, 0.3) is 0 Å². The van der Waals surface area contributed by atoms with Crippen molar-refractivity contribution in [2.24, 2.45) is 5.73 Å². The number of carbonyl (C=O) groups is 1. The van der Waals surface area contributed by atoms with Crippen LogP contribution >= 0.6 is 0 Å². The van der Waals surface area contributed by atoms with Gasteiger partial charge in [-0.3, -0.25) is 4.79 Å². The van der Waals surface area contributed by atoms with Gasteiger partial charge in [0.1, 0.15) is 0 Å². The molecule has 0 aliphatic rings. The number of hydrogen-bond donors (Lipinski definition) is 3. The summed E-state index contributed by atoms with van der Waals surface area (Å²) in [7, 11) is 0. The van der Waals surface area contributed by atoms with Crippen molar-refractivity contribution in [2.45, 2.75) is 6.42 Å². The highest BCUT2D eigenvalue weighted by Crippen LogP contribution is 1.70.